The summed E-state index contributed by atoms with van der Waals surface area (Å²) in [6.45, 7) is 3.37. The summed E-state index contributed by atoms with van der Waals surface area (Å²) in [7, 11) is -4.56. The molecule has 1 aliphatic rings. The molecule has 0 radical (unpaired) electrons. The van der Waals surface area contributed by atoms with Crippen LogP contribution >= 0.6 is 0 Å². The monoisotopic (exact) mass is 447 g/mol. The number of aromatic nitrogens is 4. The van der Waals surface area contributed by atoms with Gasteiger partial charge in [-0.3, -0.25) is 19.5 Å². The van der Waals surface area contributed by atoms with Gasteiger partial charge < -0.3 is 10.1 Å². The molecule has 2 aromatic carbocycles. The molecule has 0 fully saturated rings. The van der Waals surface area contributed by atoms with E-state index in [1.165, 1.54) is 6.20 Å². The number of hydrogen-bond donors (Lipinski definition) is 2. The summed E-state index contributed by atoms with van der Waals surface area (Å²) in [5, 5.41) is 3.28. The normalized spacial score (nSPS) is 14.0. The Morgan fingerprint density at radius 3 is 2.25 bits per heavy atom. The zero-order valence-electron chi connectivity index (χ0n) is 17.1. The molecule has 0 amide bonds. The second kappa shape index (κ2) is 7.36. The first-order valence-corrected chi connectivity index (χ1v) is 11.1. The fourth-order valence-corrected chi connectivity index (χ4v) is 4.77. The highest BCUT2D eigenvalue weighted by Gasteiger charge is 2.30. The minimum absolute atomic E-state index is 0.218. The summed E-state index contributed by atoms with van der Waals surface area (Å²) >= 11 is 0. The molecule has 9 nitrogen and oxygen atoms in total. The number of ether oxygens (including phenoxy) is 1. The Kier molecular flexibility index (Phi) is 4.61. The highest BCUT2D eigenvalue weighted by atomic mass is 32.2. The van der Waals surface area contributed by atoms with Gasteiger partial charge in [-0.2, -0.15) is 8.42 Å². The summed E-state index contributed by atoms with van der Waals surface area (Å²) in [6.07, 6.45) is 9.53. The van der Waals surface area contributed by atoms with Crippen molar-refractivity contribution in [2.24, 2.45) is 0 Å². The molecule has 32 heavy (non-hydrogen) atoms. The lowest BCUT2D eigenvalue weighted by Crippen LogP contribution is -2.10. The van der Waals surface area contributed by atoms with Crippen LogP contribution in [0.15, 0.2) is 60.7 Å². The molecule has 10 heteroatoms. The van der Waals surface area contributed by atoms with Crippen molar-refractivity contribution in [2.45, 2.75) is 13.8 Å². The van der Waals surface area contributed by atoms with Crippen molar-refractivity contribution in [3.63, 3.8) is 0 Å². The van der Waals surface area contributed by atoms with Crippen LogP contribution in [-0.2, 0) is 10.1 Å². The third-order valence-corrected chi connectivity index (χ3v) is 6.11. The number of para-hydroxylation sites is 1. The van der Waals surface area contributed by atoms with Gasteiger partial charge in [0.1, 0.15) is 32.7 Å². The van der Waals surface area contributed by atoms with Crippen LogP contribution in [-0.4, -0.2) is 32.9 Å². The zero-order chi connectivity index (χ0) is 22.5. The Morgan fingerprint density at radius 1 is 0.969 bits per heavy atom. The molecule has 3 heterocycles. The van der Waals surface area contributed by atoms with Crippen molar-refractivity contribution < 1.29 is 17.7 Å². The number of nitrogens with zero attached hydrogens (tertiary/aromatic N) is 4. The molecule has 4 aromatic rings. The third kappa shape index (κ3) is 3.08. The zero-order valence-corrected chi connectivity index (χ0v) is 17.9. The predicted molar refractivity (Wildman–Crippen MR) is 121 cm³/mol. The number of benzene rings is 2. The van der Waals surface area contributed by atoms with Crippen LogP contribution in [0, 0.1) is 0 Å². The van der Waals surface area contributed by atoms with Crippen molar-refractivity contribution in [3.8, 4) is 11.5 Å². The van der Waals surface area contributed by atoms with Crippen LogP contribution in [0.4, 0.5) is 11.4 Å². The van der Waals surface area contributed by atoms with Crippen LogP contribution in [0.1, 0.15) is 19.4 Å². The van der Waals surface area contributed by atoms with E-state index in [9.17, 15) is 13.0 Å². The average Bonchev–Trinajstić information content (AvgIpc) is 2.78. The van der Waals surface area contributed by atoms with E-state index in [1.54, 1.807) is 62.8 Å². The number of rotatable bonds is 3. The Labute approximate surface area is 183 Å². The molecule has 0 bridgehead atoms. The van der Waals surface area contributed by atoms with Crippen molar-refractivity contribution in [1.82, 2.24) is 19.9 Å². The lowest BCUT2D eigenvalue weighted by Gasteiger charge is -2.25. The van der Waals surface area contributed by atoms with Crippen LogP contribution in [0.3, 0.4) is 0 Å². The minimum Gasteiger partial charge on any atom is -0.450 e. The van der Waals surface area contributed by atoms with Gasteiger partial charge in [-0.05, 0) is 31.6 Å². The van der Waals surface area contributed by atoms with Gasteiger partial charge in [-0.1, -0.05) is 18.2 Å². The molecule has 160 valence electrons. The van der Waals surface area contributed by atoms with Crippen LogP contribution in [0.2, 0.25) is 0 Å². The summed E-state index contributed by atoms with van der Waals surface area (Å²) in [5.74, 6) is 0.589. The Hall–Kier alpha value is -3.89. The molecule has 0 atom stereocenters. The maximum atomic E-state index is 12.3. The van der Waals surface area contributed by atoms with E-state index in [0.717, 1.165) is 0 Å². The molecule has 0 saturated carbocycles. The lowest BCUT2D eigenvalue weighted by atomic mass is 10.1. The van der Waals surface area contributed by atoms with Gasteiger partial charge in [0, 0.05) is 30.4 Å². The largest absolute Gasteiger partial charge is 0.450 e. The fraction of sp³-hybridized carbons (Fsp3) is 0.0909. The Balaban J connectivity index is 1.82. The molecule has 2 N–H and O–H groups in total. The van der Waals surface area contributed by atoms with Gasteiger partial charge in [-0.25, -0.2) is 4.98 Å². The maximum absolute atomic E-state index is 12.3. The summed E-state index contributed by atoms with van der Waals surface area (Å²) in [4.78, 5) is 17.4. The van der Waals surface area contributed by atoms with Crippen LogP contribution < -0.4 is 10.1 Å². The highest BCUT2D eigenvalue weighted by molar-refractivity contribution is 7.95. The maximum Gasteiger partial charge on any atom is 0.295 e. The topological polar surface area (TPSA) is 127 Å². The predicted octanol–water partition coefficient (Wildman–Crippen LogP) is 4.62. The number of anilines is 2. The van der Waals surface area contributed by atoms with Gasteiger partial charge in [0.2, 0.25) is 0 Å². The number of nitrogens with one attached hydrogen (secondary N) is 1. The first kappa shape index (κ1) is 20.0. The van der Waals surface area contributed by atoms with E-state index in [-0.39, 0.29) is 16.2 Å². The van der Waals surface area contributed by atoms with Crippen molar-refractivity contribution >= 4 is 48.5 Å². The van der Waals surface area contributed by atoms with E-state index >= 15 is 0 Å². The Bertz CT molecular complexity index is 1580. The van der Waals surface area contributed by atoms with Crippen LogP contribution in [0.5, 0.6) is 11.5 Å². The molecule has 2 aromatic heterocycles. The van der Waals surface area contributed by atoms with E-state index in [2.05, 4.69) is 25.3 Å². The lowest BCUT2D eigenvalue weighted by molar-refractivity contribution is 0.482. The van der Waals surface area contributed by atoms with Crippen molar-refractivity contribution in [1.29, 1.82) is 0 Å². The number of fused-ring (bicyclic) bond motifs is 7. The second-order valence-corrected chi connectivity index (χ2v) is 8.47. The summed E-state index contributed by atoms with van der Waals surface area (Å²) in [5.41, 5.74) is 3.71. The van der Waals surface area contributed by atoms with E-state index in [1.807, 2.05) is 0 Å². The van der Waals surface area contributed by atoms with Crippen LogP contribution in [0.25, 0.3) is 27.0 Å². The summed E-state index contributed by atoms with van der Waals surface area (Å²) < 4.78 is 40.9. The number of hydrogen-bond acceptors (Lipinski definition) is 8. The summed E-state index contributed by atoms with van der Waals surface area (Å²) in [6, 6.07) is 5.01. The SMILES string of the molecule is CC=CC(C)=C(c1cccc2c1Oc1c(c3nccnc3c3nccnc13)N2)S(=O)(=O)O. The molecule has 0 spiro atoms. The third-order valence-electron chi connectivity index (χ3n) is 5.06. The second-order valence-electron chi connectivity index (χ2n) is 7.11. The molecular weight excluding hydrogens is 430 g/mol. The van der Waals surface area contributed by atoms with E-state index in [4.69, 9.17) is 4.74 Å². The molecule has 0 saturated heterocycles. The Morgan fingerprint density at radius 2 is 1.59 bits per heavy atom. The van der Waals surface area contributed by atoms with Crippen molar-refractivity contribution in [2.75, 3.05) is 5.32 Å². The molecule has 0 aliphatic carbocycles. The van der Waals surface area contributed by atoms with Crippen molar-refractivity contribution in [3.05, 3.63) is 66.3 Å². The number of allylic oxidation sites excluding steroid dienone is 3. The van der Waals surface area contributed by atoms with E-state index < -0.39 is 10.1 Å². The molecule has 5 rings (SSSR count). The first-order chi connectivity index (χ1) is 15.4. The van der Waals surface area contributed by atoms with Gasteiger partial charge in [0.05, 0.1) is 5.69 Å². The standard InChI is InChI=1S/C22H17N5O4S/c1-3-5-12(2)22(32(28,29)30)13-6-4-7-14-20(13)31-21-18-16(24-10-11-26-18)15-17(19(21)27-14)25-9-8-23-15/h3-11,27H,1-2H3,(H,28,29,30). The molecule has 0 unspecified atom stereocenters. The highest BCUT2D eigenvalue weighted by Crippen LogP contribution is 2.51. The smallest absolute Gasteiger partial charge is 0.295 e. The van der Waals surface area contributed by atoms with Gasteiger partial charge >= 0.3 is 0 Å². The van der Waals surface area contributed by atoms with Gasteiger partial charge in [0.25, 0.3) is 10.1 Å². The molecular formula is C22H17N5O4S. The fourth-order valence-electron chi connectivity index (χ4n) is 3.85. The van der Waals surface area contributed by atoms with E-state index in [0.29, 0.717) is 44.8 Å². The first-order valence-electron chi connectivity index (χ1n) is 9.67. The van der Waals surface area contributed by atoms with Gasteiger partial charge in [-0.15, -0.1) is 0 Å². The van der Waals surface area contributed by atoms with Gasteiger partial charge in [0.15, 0.2) is 11.5 Å². The molecule has 1 aliphatic heterocycles. The quantitative estimate of drug-likeness (QED) is 0.231. The average molecular weight is 447 g/mol. The minimum atomic E-state index is -4.56.